The number of amides is 1. The molecule has 3 rings (SSSR count). The van der Waals surface area contributed by atoms with Crippen LogP contribution in [-0.4, -0.2) is 27.4 Å². The zero-order chi connectivity index (χ0) is 15.4. The van der Waals surface area contributed by atoms with Crippen LogP contribution in [0, 0.1) is 0 Å². The molecule has 5 nitrogen and oxygen atoms in total. The molecule has 0 unspecified atom stereocenters. The third-order valence-corrected chi connectivity index (χ3v) is 4.16. The number of benzene rings is 1. The Kier molecular flexibility index (Phi) is 4.39. The van der Waals surface area contributed by atoms with E-state index in [-0.39, 0.29) is 5.91 Å². The molecule has 0 spiro atoms. The first-order chi connectivity index (χ1) is 10.7. The van der Waals surface area contributed by atoms with Crippen LogP contribution in [0.25, 0.3) is 0 Å². The minimum absolute atomic E-state index is 0.0541. The Hall–Kier alpha value is -2.34. The molecule has 0 bridgehead atoms. The van der Waals surface area contributed by atoms with Crippen LogP contribution in [0.5, 0.6) is 0 Å². The molecule has 1 aromatic carbocycles. The van der Waals surface area contributed by atoms with E-state index in [4.69, 9.17) is 4.42 Å². The molecule has 112 valence electrons. The summed E-state index contributed by atoms with van der Waals surface area (Å²) in [7, 11) is 0. The molecule has 22 heavy (non-hydrogen) atoms. The Morgan fingerprint density at radius 2 is 2.09 bits per heavy atom. The monoisotopic (exact) mass is 313 g/mol. The lowest BCUT2D eigenvalue weighted by atomic mass is 10.2. The molecule has 1 saturated heterocycles. The third kappa shape index (κ3) is 3.28. The first-order valence-corrected chi connectivity index (χ1v) is 7.86. The first-order valence-electron chi connectivity index (χ1n) is 6.87. The van der Waals surface area contributed by atoms with E-state index >= 15 is 0 Å². The van der Waals surface area contributed by atoms with Crippen LogP contribution in [-0.2, 0) is 11.3 Å². The van der Waals surface area contributed by atoms with Gasteiger partial charge in [0.1, 0.15) is 11.5 Å². The van der Waals surface area contributed by atoms with Crippen LogP contribution in [0.15, 0.2) is 63.3 Å². The first kappa shape index (κ1) is 14.6. The van der Waals surface area contributed by atoms with Crippen molar-refractivity contribution in [2.75, 3.05) is 5.75 Å². The number of hydrogen-bond acceptors (Lipinski definition) is 5. The number of carbonyl (C=O) groups excluding carboxylic acids is 1. The SMILES string of the molecule is C/C(=N\N=C1\SCC(=O)N1Cc1ccccc1)c1ccco1. The predicted octanol–water partition coefficient (Wildman–Crippen LogP) is 3.14. The van der Waals surface area contributed by atoms with Crippen LogP contribution >= 0.6 is 11.8 Å². The van der Waals surface area contributed by atoms with E-state index in [2.05, 4.69) is 10.2 Å². The zero-order valence-corrected chi connectivity index (χ0v) is 12.9. The Morgan fingerprint density at radius 3 is 2.82 bits per heavy atom. The quantitative estimate of drug-likeness (QED) is 0.643. The van der Waals surface area contributed by atoms with Crippen LogP contribution in [0.4, 0.5) is 0 Å². The highest BCUT2D eigenvalue weighted by atomic mass is 32.2. The largest absolute Gasteiger partial charge is 0.463 e. The molecule has 0 saturated carbocycles. The highest BCUT2D eigenvalue weighted by Gasteiger charge is 2.28. The molecular weight excluding hydrogens is 298 g/mol. The summed E-state index contributed by atoms with van der Waals surface area (Å²) in [5, 5.41) is 9.02. The van der Waals surface area contributed by atoms with Crippen LogP contribution in [0.3, 0.4) is 0 Å². The maximum Gasteiger partial charge on any atom is 0.239 e. The van der Waals surface area contributed by atoms with Crippen LogP contribution in [0.1, 0.15) is 18.2 Å². The minimum atomic E-state index is 0.0541. The van der Waals surface area contributed by atoms with Crippen molar-refractivity contribution >= 4 is 28.5 Å². The fraction of sp³-hybridized carbons (Fsp3) is 0.188. The second-order valence-corrected chi connectivity index (χ2v) is 5.74. The van der Waals surface area contributed by atoms with Crippen LogP contribution < -0.4 is 0 Å². The average molecular weight is 313 g/mol. The van der Waals surface area contributed by atoms with Crippen molar-refractivity contribution in [3.63, 3.8) is 0 Å². The molecule has 2 aromatic rings. The Morgan fingerprint density at radius 1 is 1.27 bits per heavy atom. The van der Waals surface area contributed by atoms with Crippen molar-refractivity contribution in [3.8, 4) is 0 Å². The molecule has 1 fully saturated rings. The summed E-state index contributed by atoms with van der Waals surface area (Å²) in [5.74, 6) is 1.13. The molecule has 0 atom stereocenters. The van der Waals surface area contributed by atoms with E-state index in [0.29, 0.717) is 28.9 Å². The van der Waals surface area contributed by atoms with Crippen molar-refractivity contribution in [1.29, 1.82) is 0 Å². The van der Waals surface area contributed by atoms with E-state index in [9.17, 15) is 4.79 Å². The number of thioether (sulfide) groups is 1. The zero-order valence-electron chi connectivity index (χ0n) is 12.1. The van der Waals surface area contributed by atoms with Gasteiger partial charge in [-0.3, -0.25) is 9.69 Å². The minimum Gasteiger partial charge on any atom is -0.463 e. The maximum atomic E-state index is 12.0. The standard InChI is InChI=1S/C16H15N3O2S/c1-12(14-8-5-9-21-14)17-18-16-19(15(20)11-22-16)10-13-6-3-2-4-7-13/h2-9H,10-11H2,1H3/b17-12+,18-16+. The summed E-state index contributed by atoms with van der Waals surface area (Å²) in [5.41, 5.74) is 1.75. The molecule has 0 N–H and O–H groups in total. The molecule has 0 aliphatic carbocycles. The normalized spacial score (nSPS) is 17.5. The van der Waals surface area contributed by atoms with Gasteiger partial charge < -0.3 is 4.42 Å². The van der Waals surface area contributed by atoms with Crippen molar-refractivity contribution in [2.24, 2.45) is 10.2 Å². The lowest BCUT2D eigenvalue weighted by Crippen LogP contribution is -2.28. The predicted molar refractivity (Wildman–Crippen MR) is 87.8 cm³/mol. The average Bonchev–Trinajstić information content (AvgIpc) is 3.18. The van der Waals surface area contributed by atoms with E-state index in [1.807, 2.05) is 43.3 Å². The molecular formula is C16H15N3O2S. The topological polar surface area (TPSA) is 58.2 Å². The number of amidine groups is 1. The van der Waals surface area contributed by atoms with E-state index < -0.39 is 0 Å². The van der Waals surface area contributed by atoms with Gasteiger partial charge in [-0.2, -0.15) is 0 Å². The van der Waals surface area contributed by atoms with E-state index in [1.54, 1.807) is 17.2 Å². The smallest absolute Gasteiger partial charge is 0.239 e. The second kappa shape index (κ2) is 6.62. The summed E-state index contributed by atoms with van der Waals surface area (Å²) < 4.78 is 5.27. The van der Waals surface area contributed by atoms with Gasteiger partial charge in [-0.25, -0.2) is 0 Å². The van der Waals surface area contributed by atoms with Gasteiger partial charge in [-0.15, -0.1) is 10.2 Å². The second-order valence-electron chi connectivity index (χ2n) is 4.80. The molecule has 2 heterocycles. The Labute approximate surface area is 132 Å². The Balaban J connectivity index is 1.78. The molecule has 1 amide bonds. The lowest BCUT2D eigenvalue weighted by Gasteiger charge is -2.15. The van der Waals surface area contributed by atoms with Crippen molar-refractivity contribution < 1.29 is 9.21 Å². The number of rotatable bonds is 4. The van der Waals surface area contributed by atoms with Gasteiger partial charge >= 0.3 is 0 Å². The van der Waals surface area contributed by atoms with Gasteiger partial charge in [0.25, 0.3) is 0 Å². The fourth-order valence-corrected chi connectivity index (χ4v) is 2.87. The molecule has 6 heteroatoms. The highest BCUT2D eigenvalue weighted by Crippen LogP contribution is 2.22. The maximum absolute atomic E-state index is 12.0. The van der Waals surface area contributed by atoms with Crippen LogP contribution in [0.2, 0.25) is 0 Å². The Bertz CT molecular complexity index is 708. The van der Waals surface area contributed by atoms with Gasteiger partial charge in [0.05, 0.1) is 18.6 Å². The van der Waals surface area contributed by atoms with E-state index in [1.165, 1.54) is 11.8 Å². The number of furan rings is 1. The van der Waals surface area contributed by atoms with Crippen molar-refractivity contribution in [3.05, 3.63) is 60.1 Å². The molecule has 1 aromatic heterocycles. The summed E-state index contributed by atoms with van der Waals surface area (Å²) >= 11 is 1.41. The van der Waals surface area contributed by atoms with Gasteiger partial charge in [0.2, 0.25) is 5.91 Å². The highest BCUT2D eigenvalue weighted by molar-refractivity contribution is 8.15. The third-order valence-electron chi connectivity index (χ3n) is 3.20. The summed E-state index contributed by atoms with van der Waals surface area (Å²) in [4.78, 5) is 13.7. The number of carbonyl (C=O) groups is 1. The lowest BCUT2D eigenvalue weighted by molar-refractivity contribution is -0.124. The van der Waals surface area contributed by atoms with Crippen molar-refractivity contribution in [2.45, 2.75) is 13.5 Å². The fourth-order valence-electron chi connectivity index (χ4n) is 2.04. The molecule has 1 aliphatic heterocycles. The van der Waals surface area contributed by atoms with E-state index in [0.717, 1.165) is 5.56 Å². The van der Waals surface area contributed by atoms with Gasteiger partial charge in [0.15, 0.2) is 5.17 Å². The number of nitrogens with zero attached hydrogens (tertiary/aromatic N) is 3. The van der Waals surface area contributed by atoms with Gasteiger partial charge in [-0.05, 0) is 24.6 Å². The number of hydrogen-bond donors (Lipinski definition) is 0. The molecule has 1 aliphatic rings. The summed E-state index contributed by atoms with van der Waals surface area (Å²) in [6.45, 7) is 2.34. The van der Waals surface area contributed by atoms with Gasteiger partial charge in [0, 0.05) is 0 Å². The summed E-state index contributed by atoms with van der Waals surface area (Å²) in [6, 6.07) is 13.5. The van der Waals surface area contributed by atoms with Crippen molar-refractivity contribution in [1.82, 2.24) is 4.90 Å². The summed E-state index contributed by atoms with van der Waals surface area (Å²) in [6.07, 6.45) is 1.59. The molecule has 0 radical (unpaired) electrons. The van der Waals surface area contributed by atoms with Gasteiger partial charge in [-0.1, -0.05) is 42.1 Å².